The van der Waals surface area contributed by atoms with E-state index in [1.165, 1.54) is 0 Å². The lowest BCUT2D eigenvalue weighted by atomic mass is 9.77. The zero-order valence-electron chi connectivity index (χ0n) is 12.2. The largest absolute Gasteiger partial charge is 0.378 e. The van der Waals surface area contributed by atoms with Gasteiger partial charge >= 0.3 is 0 Å². The van der Waals surface area contributed by atoms with Gasteiger partial charge in [0.25, 0.3) is 0 Å². The van der Waals surface area contributed by atoms with Gasteiger partial charge in [0.2, 0.25) is 5.91 Å². The van der Waals surface area contributed by atoms with E-state index in [9.17, 15) is 4.79 Å². The third-order valence-electron chi connectivity index (χ3n) is 4.79. The van der Waals surface area contributed by atoms with E-state index in [1.807, 2.05) is 16.5 Å². The van der Waals surface area contributed by atoms with Crippen LogP contribution in [0.25, 0.3) is 0 Å². The standard InChI is InChI=1S/C14H22N4O2/c1-17-10-15-16-13(17)11-5-3-8-18(11)12(19)9-14(20-2)6-4-7-14/h10-11H,3-9H2,1-2H3. The Kier molecular flexibility index (Phi) is 3.50. The van der Waals surface area contributed by atoms with Gasteiger partial charge in [0.15, 0.2) is 5.82 Å². The van der Waals surface area contributed by atoms with Crippen LogP contribution in [0.5, 0.6) is 0 Å². The molecule has 1 aromatic heterocycles. The molecule has 2 aliphatic rings. The number of carbonyl (C=O) groups excluding carboxylic acids is 1. The Balaban J connectivity index is 1.72. The Hall–Kier alpha value is -1.43. The number of aromatic nitrogens is 3. The van der Waals surface area contributed by atoms with Crippen LogP contribution < -0.4 is 0 Å². The summed E-state index contributed by atoms with van der Waals surface area (Å²) in [6.07, 6.45) is 7.35. The molecule has 0 N–H and O–H groups in total. The van der Waals surface area contributed by atoms with Crippen LogP contribution in [0.2, 0.25) is 0 Å². The molecule has 2 fully saturated rings. The first kappa shape index (κ1) is 13.5. The average Bonchev–Trinajstić information content (AvgIpc) is 3.01. The number of ether oxygens (including phenoxy) is 1. The Morgan fingerprint density at radius 1 is 1.50 bits per heavy atom. The third-order valence-corrected chi connectivity index (χ3v) is 4.79. The van der Waals surface area contributed by atoms with Crippen LogP contribution in [0.1, 0.15) is 50.4 Å². The second-order valence-electron chi connectivity index (χ2n) is 5.96. The molecule has 110 valence electrons. The summed E-state index contributed by atoms with van der Waals surface area (Å²) in [7, 11) is 3.65. The van der Waals surface area contributed by atoms with Gasteiger partial charge in [-0.05, 0) is 32.1 Å². The Labute approximate surface area is 119 Å². The lowest BCUT2D eigenvalue weighted by Crippen LogP contribution is -2.45. The monoisotopic (exact) mass is 278 g/mol. The summed E-state index contributed by atoms with van der Waals surface area (Å²) in [6, 6.07) is 0.0731. The van der Waals surface area contributed by atoms with Gasteiger partial charge < -0.3 is 14.2 Å². The minimum absolute atomic E-state index is 0.0731. The maximum Gasteiger partial charge on any atom is 0.226 e. The molecule has 20 heavy (non-hydrogen) atoms. The number of nitrogens with zero attached hydrogens (tertiary/aromatic N) is 4. The predicted octanol–water partition coefficient (Wildman–Crippen LogP) is 1.44. The number of hydrogen-bond acceptors (Lipinski definition) is 4. The van der Waals surface area contributed by atoms with Crippen molar-refractivity contribution in [1.29, 1.82) is 0 Å². The molecule has 1 aromatic rings. The van der Waals surface area contributed by atoms with E-state index < -0.39 is 0 Å². The van der Waals surface area contributed by atoms with Crippen LogP contribution in [-0.4, -0.2) is 44.8 Å². The van der Waals surface area contributed by atoms with E-state index in [4.69, 9.17) is 4.74 Å². The first-order valence-electron chi connectivity index (χ1n) is 7.34. The summed E-state index contributed by atoms with van der Waals surface area (Å²) >= 11 is 0. The molecule has 2 heterocycles. The first-order valence-corrected chi connectivity index (χ1v) is 7.34. The summed E-state index contributed by atoms with van der Waals surface area (Å²) in [5, 5.41) is 8.10. The minimum Gasteiger partial charge on any atom is -0.378 e. The summed E-state index contributed by atoms with van der Waals surface area (Å²) in [5.41, 5.74) is -0.204. The predicted molar refractivity (Wildman–Crippen MR) is 72.9 cm³/mol. The van der Waals surface area contributed by atoms with Crippen molar-refractivity contribution in [3.8, 4) is 0 Å². The molecule has 1 unspecified atom stereocenters. The highest BCUT2D eigenvalue weighted by molar-refractivity contribution is 5.78. The summed E-state index contributed by atoms with van der Waals surface area (Å²) in [4.78, 5) is 14.6. The van der Waals surface area contributed by atoms with E-state index in [1.54, 1.807) is 13.4 Å². The second kappa shape index (κ2) is 5.16. The average molecular weight is 278 g/mol. The molecule has 6 nitrogen and oxygen atoms in total. The number of carbonyl (C=O) groups is 1. The van der Waals surface area contributed by atoms with Crippen LogP contribution in [0, 0.1) is 0 Å². The Morgan fingerprint density at radius 3 is 2.85 bits per heavy atom. The molecular weight excluding hydrogens is 256 g/mol. The molecule has 1 atom stereocenters. The summed E-state index contributed by atoms with van der Waals surface area (Å²) in [6.45, 7) is 0.816. The van der Waals surface area contributed by atoms with Crippen LogP contribution >= 0.6 is 0 Å². The van der Waals surface area contributed by atoms with Gasteiger partial charge in [-0.1, -0.05) is 0 Å². The van der Waals surface area contributed by atoms with Crippen molar-refractivity contribution in [3.63, 3.8) is 0 Å². The van der Waals surface area contributed by atoms with E-state index in [0.29, 0.717) is 6.42 Å². The number of hydrogen-bond donors (Lipinski definition) is 0. The number of methoxy groups -OCH3 is 1. The first-order chi connectivity index (χ1) is 9.65. The molecule has 0 radical (unpaired) electrons. The van der Waals surface area contributed by atoms with E-state index in [0.717, 1.165) is 44.5 Å². The highest BCUT2D eigenvalue weighted by Gasteiger charge is 2.42. The van der Waals surface area contributed by atoms with E-state index in [-0.39, 0.29) is 17.6 Å². The molecule has 1 saturated carbocycles. The fraction of sp³-hybridized carbons (Fsp3) is 0.786. The van der Waals surface area contributed by atoms with Gasteiger partial charge in [-0.15, -0.1) is 10.2 Å². The normalized spacial score (nSPS) is 24.7. The molecule has 1 aliphatic heterocycles. The quantitative estimate of drug-likeness (QED) is 0.836. The zero-order valence-corrected chi connectivity index (χ0v) is 12.2. The van der Waals surface area contributed by atoms with Crippen molar-refractivity contribution in [2.24, 2.45) is 7.05 Å². The van der Waals surface area contributed by atoms with Crippen molar-refractivity contribution in [3.05, 3.63) is 12.2 Å². The van der Waals surface area contributed by atoms with Crippen molar-refractivity contribution < 1.29 is 9.53 Å². The van der Waals surface area contributed by atoms with Crippen LogP contribution in [-0.2, 0) is 16.6 Å². The smallest absolute Gasteiger partial charge is 0.226 e. The Bertz CT molecular complexity index is 490. The SMILES string of the molecule is COC1(CC(=O)N2CCCC2c2nncn2C)CCC1. The van der Waals surface area contributed by atoms with Crippen molar-refractivity contribution >= 4 is 5.91 Å². The summed E-state index contributed by atoms with van der Waals surface area (Å²) in [5.74, 6) is 1.08. The van der Waals surface area contributed by atoms with Crippen LogP contribution in [0.15, 0.2) is 6.33 Å². The van der Waals surface area contributed by atoms with Gasteiger partial charge in [-0.2, -0.15) is 0 Å². The van der Waals surface area contributed by atoms with Gasteiger partial charge in [0, 0.05) is 20.7 Å². The molecule has 0 bridgehead atoms. The molecule has 6 heteroatoms. The lowest BCUT2D eigenvalue weighted by molar-refractivity contribution is -0.145. The zero-order chi connectivity index (χ0) is 14.2. The topological polar surface area (TPSA) is 60.2 Å². The van der Waals surface area contributed by atoms with Crippen LogP contribution in [0.3, 0.4) is 0 Å². The highest BCUT2D eigenvalue weighted by Crippen LogP contribution is 2.40. The van der Waals surface area contributed by atoms with Crippen molar-refractivity contribution in [2.45, 2.75) is 50.2 Å². The fourth-order valence-corrected chi connectivity index (χ4v) is 3.33. The number of amides is 1. The summed E-state index contributed by atoms with van der Waals surface area (Å²) < 4.78 is 7.48. The molecule has 1 aliphatic carbocycles. The number of aryl methyl sites for hydroxylation is 1. The van der Waals surface area contributed by atoms with Crippen molar-refractivity contribution in [2.75, 3.05) is 13.7 Å². The number of likely N-dealkylation sites (tertiary alicyclic amines) is 1. The van der Waals surface area contributed by atoms with E-state index in [2.05, 4.69) is 10.2 Å². The molecule has 1 saturated heterocycles. The molecule has 0 spiro atoms. The van der Waals surface area contributed by atoms with Gasteiger partial charge in [-0.25, -0.2) is 0 Å². The van der Waals surface area contributed by atoms with Crippen LogP contribution in [0.4, 0.5) is 0 Å². The third kappa shape index (κ3) is 2.22. The maximum absolute atomic E-state index is 12.6. The fourth-order valence-electron chi connectivity index (χ4n) is 3.33. The second-order valence-corrected chi connectivity index (χ2v) is 5.96. The van der Waals surface area contributed by atoms with Gasteiger partial charge in [0.05, 0.1) is 18.1 Å². The van der Waals surface area contributed by atoms with Gasteiger partial charge in [-0.3, -0.25) is 4.79 Å². The number of rotatable bonds is 4. The van der Waals surface area contributed by atoms with E-state index >= 15 is 0 Å². The Morgan fingerprint density at radius 2 is 2.30 bits per heavy atom. The molecular formula is C14H22N4O2. The maximum atomic E-state index is 12.6. The minimum atomic E-state index is -0.204. The van der Waals surface area contributed by atoms with Gasteiger partial charge in [0.1, 0.15) is 6.33 Å². The molecule has 0 aromatic carbocycles. The lowest BCUT2D eigenvalue weighted by Gasteiger charge is -2.41. The highest BCUT2D eigenvalue weighted by atomic mass is 16.5. The molecule has 1 amide bonds. The molecule has 3 rings (SSSR count). The van der Waals surface area contributed by atoms with Crippen molar-refractivity contribution in [1.82, 2.24) is 19.7 Å².